The van der Waals surface area contributed by atoms with Gasteiger partial charge in [0.25, 0.3) is 0 Å². The van der Waals surface area contributed by atoms with Crippen molar-refractivity contribution in [2.75, 3.05) is 18.5 Å². The summed E-state index contributed by atoms with van der Waals surface area (Å²) in [7, 11) is 2.18. The number of fused-ring (bicyclic) bond motifs is 1. The highest BCUT2D eigenvalue weighted by atomic mass is 32.1. The van der Waals surface area contributed by atoms with Crippen molar-refractivity contribution in [3.8, 4) is 0 Å². The van der Waals surface area contributed by atoms with Gasteiger partial charge in [-0.3, -0.25) is 4.40 Å². The van der Waals surface area contributed by atoms with Crippen LogP contribution < -0.4 is 10.6 Å². The molecule has 1 fully saturated rings. The molecule has 0 radical (unpaired) electrons. The lowest BCUT2D eigenvalue weighted by Crippen LogP contribution is -2.30. The zero-order valence-corrected chi connectivity index (χ0v) is 11.6. The molecule has 1 saturated carbocycles. The molecular weight excluding hydrogens is 244 g/mol. The largest absolute Gasteiger partial charge is 0.355 e. The van der Waals surface area contributed by atoms with E-state index >= 15 is 0 Å². The van der Waals surface area contributed by atoms with Crippen LogP contribution in [-0.2, 0) is 6.42 Å². The maximum absolute atomic E-state index is 5.75. The van der Waals surface area contributed by atoms with E-state index in [1.165, 1.54) is 31.4 Å². The van der Waals surface area contributed by atoms with Gasteiger partial charge < -0.3 is 10.6 Å². The third-order valence-electron chi connectivity index (χ3n) is 3.93. The number of aromatic nitrogens is 2. The second-order valence-electron chi connectivity index (χ2n) is 5.03. The lowest BCUT2D eigenvalue weighted by molar-refractivity contribution is 0.644. The van der Waals surface area contributed by atoms with Crippen molar-refractivity contribution >= 4 is 22.1 Å². The Morgan fingerprint density at radius 2 is 2.28 bits per heavy atom. The molecule has 0 amide bonds. The first kappa shape index (κ1) is 12.0. The Morgan fingerprint density at radius 1 is 1.50 bits per heavy atom. The second-order valence-corrected chi connectivity index (χ2v) is 5.90. The molecule has 0 saturated heterocycles. The number of hydrogen-bond donors (Lipinski definition) is 1. The molecule has 2 N–H and O–H groups in total. The minimum Gasteiger partial charge on any atom is -0.355 e. The van der Waals surface area contributed by atoms with Crippen molar-refractivity contribution in [3.05, 3.63) is 17.3 Å². The number of imidazole rings is 1. The minimum atomic E-state index is 0.658. The summed E-state index contributed by atoms with van der Waals surface area (Å²) in [4.78, 5) is 8.24. The van der Waals surface area contributed by atoms with Gasteiger partial charge in [-0.2, -0.15) is 0 Å². The summed E-state index contributed by atoms with van der Waals surface area (Å²) in [5, 5.41) is 2.09. The first-order valence-electron chi connectivity index (χ1n) is 6.68. The third-order valence-corrected chi connectivity index (χ3v) is 4.68. The summed E-state index contributed by atoms with van der Waals surface area (Å²) >= 11 is 1.69. The lowest BCUT2D eigenvalue weighted by Gasteiger charge is -2.25. The molecule has 18 heavy (non-hydrogen) atoms. The zero-order valence-electron chi connectivity index (χ0n) is 10.8. The molecule has 2 heterocycles. The van der Waals surface area contributed by atoms with Gasteiger partial charge in [-0.15, -0.1) is 11.3 Å². The van der Waals surface area contributed by atoms with Crippen LogP contribution in [0.1, 0.15) is 31.4 Å². The Bertz CT molecular complexity index is 524. The van der Waals surface area contributed by atoms with Crippen molar-refractivity contribution in [3.63, 3.8) is 0 Å². The molecule has 0 spiro atoms. The standard InChI is InChI=1S/C13H20N4S/c1-16(10-4-2-3-5-10)12-11(6-7-14)17-8-9-18-13(17)15-12/h8-10H,2-7,14H2,1H3. The number of rotatable bonds is 4. The SMILES string of the molecule is CN(c1nc2sccn2c1CCN)C1CCCC1. The van der Waals surface area contributed by atoms with E-state index in [1.54, 1.807) is 11.3 Å². The molecule has 1 aliphatic rings. The zero-order chi connectivity index (χ0) is 12.5. The molecular formula is C13H20N4S. The van der Waals surface area contributed by atoms with E-state index in [-0.39, 0.29) is 0 Å². The Balaban J connectivity index is 1.98. The molecule has 0 bridgehead atoms. The average molecular weight is 264 g/mol. The van der Waals surface area contributed by atoms with Gasteiger partial charge in [0.05, 0.1) is 5.69 Å². The lowest BCUT2D eigenvalue weighted by atomic mass is 10.2. The summed E-state index contributed by atoms with van der Waals surface area (Å²) in [5.74, 6) is 1.14. The highest BCUT2D eigenvalue weighted by Crippen LogP contribution is 2.30. The number of nitrogens with zero attached hydrogens (tertiary/aromatic N) is 3. The van der Waals surface area contributed by atoms with Crippen molar-refractivity contribution < 1.29 is 0 Å². The van der Waals surface area contributed by atoms with Crippen molar-refractivity contribution in [1.82, 2.24) is 9.38 Å². The molecule has 3 rings (SSSR count). The van der Waals surface area contributed by atoms with Crippen LogP contribution in [0.5, 0.6) is 0 Å². The van der Waals surface area contributed by atoms with Crippen LogP contribution >= 0.6 is 11.3 Å². The van der Waals surface area contributed by atoms with E-state index in [0.29, 0.717) is 12.6 Å². The van der Waals surface area contributed by atoms with E-state index < -0.39 is 0 Å². The van der Waals surface area contributed by atoms with Crippen molar-refractivity contribution in [1.29, 1.82) is 0 Å². The quantitative estimate of drug-likeness (QED) is 0.921. The van der Waals surface area contributed by atoms with Crippen LogP contribution in [0.3, 0.4) is 0 Å². The molecule has 0 aromatic carbocycles. The Hall–Kier alpha value is -1.07. The van der Waals surface area contributed by atoms with E-state index in [0.717, 1.165) is 17.2 Å². The number of anilines is 1. The Morgan fingerprint density at radius 3 is 3.00 bits per heavy atom. The maximum Gasteiger partial charge on any atom is 0.195 e. The van der Waals surface area contributed by atoms with E-state index in [4.69, 9.17) is 10.7 Å². The van der Waals surface area contributed by atoms with Crippen LogP contribution in [0.25, 0.3) is 4.96 Å². The van der Waals surface area contributed by atoms with Gasteiger partial charge in [-0.1, -0.05) is 12.8 Å². The van der Waals surface area contributed by atoms with Crippen molar-refractivity contribution in [2.24, 2.45) is 5.73 Å². The number of nitrogens with two attached hydrogens (primary N) is 1. The average Bonchev–Trinajstić information content (AvgIpc) is 3.06. The van der Waals surface area contributed by atoms with Crippen LogP contribution in [0.2, 0.25) is 0 Å². The molecule has 4 nitrogen and oxygen atoms in total. The molecule has 0 unspecified atom stereocenters. The van der Waals surface area contributed by atoms with Gasteiger partial charge in [0, 0.05) is 31.1 Å². The minimum absolute atomic E-state index is 0.658. The fourth-order valence-electron chi connectivity index (χ4n) is 2.94. The maximum atomic E-state index is 5.75. The molecule has 1 aliphatic carbocycles. The normalized spacial score (nSPS) is 16.8. The second kappa shape index (κ2) is 4.90. The smallest absolute Gasteiger partial charge is 0.195 e. The molecule has 2 aromatic heterocycles. The molecule has 2 aromatic rings. The van der Waals surface area contributed by atoms with E-state index in [9.17, 15) is 0 Å². The van der Waals surface area contributed by atoms with Crippen LogP contribution in [-0.4, -0.2) is 29.0 Å². The fourth-order valence-corrected chi connectivity index (χ4v) is 3.67. The predicted molar refractivity (Wildman–Crippen MR) is 76.5 cm³/mol. The third kappa shape index (κ3) is 1.91. The highest BCUT2D eigenvalue weighted by Gasteiger charge is 2.24. The topological polar surface area (TPSA) is 46.6 Å². The van der Waals surface area contributed by atoms with Gasteiger partial charge in [-0.05, 0) is 19.4 Å². The van der Waals surface area contributed by atoms with Gasteiger partial charge in [-0.25, -0.2) is 4.98 Å². The summed E-state index contributed by atoms with van der Waals surface area (Å²) in [6.07, 6.45) is 8.29. The van der Waals surface area contributed by atoms with Crippen LogP contribution in [0.15, 0.2) is 11.6 Å². The van der Waals surface area contributed by atoms with Crippen LogP contribution in [0.4, 0.5) is 5.82 Å². The van der Waals surface area contributed by atoms with E-state index in [1.807, 2.05) is 0 Å². The van der Waals surface area contributed by atoms with Gasteiger partial charge in [0.1, 0.15) is 0 Å². The molecule has 0 atom stereocenters. The fraction of sp³-hybridized carbons (Fsp3) is 0.615. The highest BCUT2D eigenvalue weighted by molar-refractivity contribution is 7.15. The van der Waals surface area contributed by atoms with Crippen LogP contribution in [0, 0.1) is 0 Å². The number of hydrogen-bond acceptors (Lipinski definition) is 4. The summed E-state index contributed by atoms with van der Waals surface area (Å²) in [6.45, 7) is 0.676. The first-order valence-corrected chi connectivity index (χ1v) is 7.56. The Labute approximate surface area is 111 Å². The number of thiazole rings is 1. The molecule has 98 valence electrons. The van der Waals surface area contributed by atoms with Gasteiger partial charge in [0.2, 0.25) is 0 Å². The van der Waals surface area contributed by atoms with E-state index in [2.05, 4.69) is 27.9 Å². The summed E-state index contributed by atoms with van der Waals surface area (Å²) < 4.78 is 2.19. The summed E-state index contributed by atoms with van der Waals surface area (Å²) in [5.41, 5.74) is 7.01. The molecule has 0 aliphatic heterocycles. The van der Waals surface area contributed by atoms with Gasteiger partial charge in [0.15, 0.2) is 10.8 Å². The Kier molecular flexibility index (Phi) is 3.26. The first-order chi connectivity index (χ1) is 8.81. The molecule has 5 heteroatoms. The van der Waals surface area contributed by atoms with Gasteiger partial charge >= 0.3 is 0 Å². The monoisotopic (exact) mass is 264 g/mol. The van der Waals surface area contributed by atoms with Crippen molar-refractivity contribution in [2.45, 2.75) is 38.1 Å². The summed E-state index contributed by atoms with van der Waals surface area (Å²) in [6, 6.07) is 0.658. The predicted octanol–water partition coefficient (Wildman–Crippen LogP) is 2.28.